The molecule has 2 rings (SSSR count). The molecule has 18 heavy (non-hydrogen) atoms. The van der Waals surface area contributed by atoms with Crippen molar-refractivity contribution in [2.24, 2.45) is 0 Å². The topological polar surface area (TPSA) is 29.1 Å². The van der Waals surface area contributed by atoms with Crippen molar-refractivity contribution >= 4 is 29.0 Å². The van der Waals surface area contributed by atoms with Crippen LogP contribution in [-0.4, -0.2) is 5.91 Å². The molecule has 1 N–H and O–H groups in total. The summed E-state index contributed by atoms with van der Waals surface area (Å²) in [6.45, 7) is 2.11. The summed E-state index contributed by atoms with van der Waals surface area (Å²) in [7, 11) is 0. The average molecular weight is 257 g/mol. The molecule has 3 heteroatoms. The summed E-state index contributed by atoms with van der Waals surface area (Å²) >= 11 is 1.62. The Morgan fingerprint density at radius 3 is 2.67 bits per heavy atom. The molecule has 0 saturated heterocycles. The number of aryl methyl sites for hydroxylation is 1. The van der Waals surface area contributed by atoms with Crippen molar-refractivity contribution in [2.75, 3.05) is 5.32 Å². The van der Waals surface area contributed by atoms with Crippen LogP contribution in [0.5, 0.6) is 0 Å². The molecular formula is C15H15NOS. The highest BCUT2D eigenvalue weighted by atomic mass is 32.1. The van der Waals surface area contributed by atoms with Gasteiger partial charge in [0.05, 0.1) is 0 Å². The maximum absolute atomic E-state index is 11.7. The van der Waals surface area contributed by atoms with Crippen molar-refractivity contribution in [1.82, 2.24) is 0 Å². The lowest BCUT2D eigenvalue weighted by Crippen LogP contribution is -2.07. The Hall–Kier alpha value is -1.87. The number of carbonyl (C=O) groups excluding carboxylic acids is 1. The highest BCUT2D eigenvalue weighted by molar-refractivity contribution is 7.08. The van der Waals surface area contributed by atoms with Crippen LogP contribution in [0.4, 0.5) is 5.69 Å². The van der Waals surface area contributed by atoms with Gasteiger partial charge in [-0.2, -0.15) is 11.3 Å². The molecule has 0 spiro atoms. The van der Waals surface area contributed by atoms with Gasteiger partial charge in [0.25, 0.3) is 0 Å². The monoisotopic (exact) mass is 257 g/mol. The number of amides is 1. The van der Waals surface area contributed by atoms with E-state index < -0.39 is 0 Å². The van der Waals surface area contributed by atoms with Crippen molar-refractivity contribution in [3.05, 3.63) is 58.3 Å². The Morgan fingerprint density at radius 2 is 2.06 bits per heavy atom. The van der Waals surface area contributed by atoms with E-state index in [1.165, 1.54) is 5.56 Å². The first kappa shape index (κ1) is 12.6. The van der Waals surface area contributed by atoms with E-state index in [1.807, 2.05) is 47.2 Å². The van der Waals surface area contributed by atoms with Crippen molar-refractivity contribution in [3.63, 3.8) is 0 Å². The Bertz CT molecular complexity index is 526. The van der Waals surface area contributed by atoms with Gasteiger partial charge in [-0.3, -0.25) is 4.79 Å². The summed E-state index contributed by atoms with van der Waals surface area (Å²) in [6, 6.07) is 9.88. The van der Waals surface area contributed by atoms with Crippen molar-refractivity contribution in [3.8, 4) is 0 Å². The molecule has 0 fully saturated rings. The highest BCUT2D eigenvalue weighted by Crippen LogP contribution is 2.11. The number of rotatable bonds is 4. The zero-order valence-electron chi connectivity index (χ0n) is 10.2. The zero-order chi connectivity index (χ0) is 12.8. The maximum atomic E-state index is 11.7. The summed E-state index contributed by atoms with van der Waals surface area (Å²) in [5.41, 5.74) is 3.14. The molecule has 0 atom stereocenters. The maximum Gasteiger partial charge on any atom is 0.248 e. The molecule has 92 valence electrons. The van der Waals surface area contributed by atoms with E-state index in [0.717, 1.165) is 17.7 Å². The number of hydrogen-bond acceptors (Lipinski definition) is 2. The fourth-order valence-electron chi connectivity index (χ4n) is 1.55. The molecule has 0 radical (unpaired) electrons. The highest BCUT2D eigenvalue weighted by Gasteiger charge is 1.97. The van der Waals surface area contributed by atoms with Crippen molar-refractivity contribution < 1.29 is 4.79 Å². The molecule has 2 aromatic rings. The lowest BCUT2D eigenvalue weighted by molar-refractivity contribution is -0.111. The standard InChI is InChI=1S/C15H15NOS/c1-2-12-3-6-14(7-4-12)16-15(17)8-5-13-9-10-18-11-13/h3-11H,2H2,1H3,(H,16,17)/b8-5+. The van der Waals surface area contributed by atoms with Crippen LogP contribution >= 0.6 is 11.3 Å². The van der Waals surface area contributed by atoms with Gasteiger partial charge in [0.1, 0.15) is 0 Å². The Morgan fingerprint density at radius 1 is 1.28 bits per heavy atom. The summed E-state index contributed by atoms with van der Waals surface area (Å²) in [4.78, 5) is 11.7. The molecule has 0 unspecified atom stereocenters. The number of thiophene rings is 1. The second kappa shape index (κ2) is 6.17. The minimum absolute atomic E-state index is 0.106. The van der Waals surface area contributed by atoms with Gasteiger partial charge in [0, 0.05) is 11.8 Å². The third-order valence-electron chi connectivity index (χ3n) is 2.60. The van der Waals surface area contributed by atoms with Crippen LogP contribution in [0.15, 0.2) is 47.2 Å². The third kappa shape index (κ3) is 3.57. The van der Waals surface area contributed by atoms with E-state index in [4.69, 9.17) is 0 Å². The molecule has 1 aromatic heterocycles. The predicted octanol–water partition coefficient (Wildman–Crippen LogP) is 3.96. The van der Waals surface area contributed by atoms with Gasteiger partial charge < -0.3 is 5.32 Å². The molecule has 0 bridgehead atoms. The van der Waals surface area contributed by atoms with Crippen molar-refractivity contribution in [2.45, 2.75) is 13.3 Å². The van der Waals surface area contributed by atoms with Gasteiger partial charge >= 0.3 is 0 Å². The van der Waals surface area contributed by atoms with E-state index in [-0.39, 0.29) is 5.91 Å². The molecule has 0 aliphatic carbocycles. The first-order chi connectivity index (χ1) is 8.78. The number of nitrogens with one attached hydrogen (secondary N) is 1. The Labute approximate surface area is 111 Å². The van der Waals surface area contributed by atoms with Gasteiger partial charge in [0.2, 0.25) is 5.91 Å². The Balaban J connectivity index is 1.94. The van der Waals surface area contributed by atoms with Gasteiger partial charge in [0.15, 0.2) is 0 Å². The van der Waals surface area contributed by atoms with Gasteiger partial charge in [-0.15, -0.1) is 0 Å². The first-order valence-corrected chi connectivity index (χ1v) is 6.82. The smallest absolute Gasteiger partial charge is 0.248 e. The summed E-state index contributed by atoms with van der Waals surface area (Å²) in [5.74, 6) is -0.106. The normalized spacial score (nSPS) is 10.7. The first-order valence-electron chi connectivity index (χ1n) is 5.88. The zero-order valence-corrected chi connectivity index (χ0v) is 11.0. The predicted molar refractivity (Wildman–Crippen MR) is 77.8 cm³/mol. The number of benzene rings is 1. The molecule has 0 aliphatic heterocycles. The fraction of sp³-hybridized carbons (Fsp3) is 0.133. The second-order valence-corrected chi connectivity index (χ2v) is 4.71. The minimum atomic E-state index is -0.106. The number of anilines is 1. The lowest BCUT2D eigenvalue weighted by Gasteiger charge is -2.02. The van der Waals surface area contributed by atoms with Crippen LogP contribution in [0.1, 0.15) is 18.1 Å². The molecule has 1 aromatic carbocycles. The van der Waals surface area contributed by atoms with E-state index in [9.17, 15) is 4.79 Å². The quantitative estimate of drug-likeness (QED) is 0.825. The molecule has 0 saturated carbocycles. The van der Waals surface area contributed by atoms with Crippen LogP contribution in [0, 0.1) is 0 Å². The molecule has 2 nitrogen and oxygen atoms in total. The van der Waals surface area contributed by atoms with E-state index in [0.29, 0.717) is 0 Å². The van der Waals surface area contributed by atoms with Crippen LogP contribution in [0.3, 0.4) is 0 Å². The summed E-state index contributed by atoms with van der Waals surface area (Å²) < 4.78 is 0. The fourth-order valence-corrected chi connectivity index (χ4v) is 2.18. The van der Waals surface area contributed by atoms with Crippen LogP contribution in [0.25, 0.3) is 6.08 Å². The minimum Gasteiger partial charge on any atom is -0.323 e. The van der Waals surface area contributed by atoms with Gasteiger partial charge in [-0.1, -0.05) is 19.1 Å². The van der Waals surface area contributed by atoms with Crippen LogP contribution in [-0.2, 0) is 11.2 Å². The van der Waals surface area contributed by atoms with E-state index in [1.54, 1.807) is 17.4 Å². The molecule has 1 heterocycles. The molecular weight excluding hydrogens is 242 g/mol. The average Bonchev–Trinajstić information content (AvgIpc) is 2.90. The van der Waals surface area contributed by atoms with Gasteiger partial charge in [-0.25, -0.2) is 0 Å². The SMILES string of the molecule is CCc1ccc(NC(=O)/C=C/c2ccsc2)cc1. The van der Waals surface area contributed by atoms with E-state index in [2.05, 4.69) is 12.2 Å². The molecule has 0 aliphatic rings. The molecule has 1 amide bonds. The van der Waals surface area contributed by atoms with Crippen LogP contribution in [0.2, 0.25) is 0 Å². The number of hydrogen-bond donors (Lipinski definition) is 1. The Kier molecular flexibility index (Phi) is 4.31. The van der Waals surface area contributed by atoms with Gasteiger partial charge in [-0.05, 0) is 52.6 Å². The number of carbonyl (C=O) groups is 1. The lowest BCUT2D eigenvalue weighted by atomic mass is 10.1. The van der Waals surface area contributed by atoms with E-state index >= 15 is 0 Å². The van der Waals surface area contributed by atoms with Crippen LogP contribution < -0.4 is 5.32 Å². The van der Waals surface area contributed by atoms with Crippen molar-refractivity contribution in [1.29, 1.82) is 0 Å². The summed E-state index contributed by atoms with van der Waals surface area (Å²) in [6.07, 6.45) is 4.37. The summed E-state index contributed by atoms with van der Waals surface area (Å²) in [5, 5.41) is 6.82. The largest absolute Gasteiger partial charge is 0.323 e. The third-order valence-corrected chi connectivity index (χ3v) is 3.30. The second-order valence-electron chi connectivity index (χ2n) is 3.93.